The lowest BCUT2D eigenvalue weighted by Crippen LogP contribution is -2.08. The summed E-state index contributed by atoms with van der Waals surface area (Å²) in [6.07, 6.45) is 5.81. The van der Waals surface area contributed by atoms with Crippen molar-refractivity contribution in [3.63, 3.8) is 0 Å². The molecule has 0 bridgehead atoms. The van der Waals surface area contributed by atoms with Crippen LogP contribution in [0.1, 0.15) is 57.2 Å². The second-order valence-electron chi connectivity index (χ2n) is 11.0. The minimum atomic E-state index is -0.548. The number of allylic oxidation sites excluding steroid dienone is 1. The molecule has 2 aliphatic carbocycles. The third-order valence-electron chi connectivity index (χ3n) is 8.25. The Hall–Kier alpha value is -5.36. The molecule has 0 amide bonds. The lowest BCUT2D eigenvalue weighted by Gasteiger charge is -2.24. The number of hydrogen-bond acceptors (Lipinski definition) is 6. The smallest absolute Gasteiger partial charge is 0.127 e. The highest BCUT2D eigenvalue weighted by Gasteiger charge is 2.42. The van der Waals surface area contributed by atoms with Gasteiger partial charge >= 0.3 is 0 Å². The third kappa shape index (κ3) is 5.60. The second kappa shape index (κ2) is 11.5. The molecule has 7 rings (SSSR count). The maximum absolute atomic E-state index is 10.9. The average Bonchev–Trinajstić information content (AvgIpc) is 3.59. The van der Waals surface area contributed by atoms with Gasteiger partial charge in [0.15, 0.2) is 0 Å². The average molecular weight is 573 g/mol. The van der Waals surface area contributed by atoms with Gasteiger partial charge in [-0.15, -0.1) is 0 Å². The van der Waals surface area contributed by atoms with Crippen LogP contribution in [0.5, 0.6) is 34.5 Å². The molecule has 0 heterocycles. The van der Waals surface area contributed by atoms with Crippen molar-refractivity contribution >= 4 is 11.6 Å². The van der Waals surface area contributed by atoms with E-state index >= 15 is 0 Å². The summed E-state index contributed by atoms with van der Waals surface area (Å²) >= 11 is 0. The van der Waals surface area contributed by atoms with Crippen molar-refractivity contribution in [2.75, 3.05) is 0 Å². The van der Waals surface area contributed by atoms with Gasteiger partial charge in [0.25, 0.3) is 0 Å². The largest absolute Gasteiger partial charge is 0.508 e. The van der Waals surface area contributed by atoms with E-state index in [0.717, 1.165) is 11.1 Å². The number of phenols is 6. The number of aryl methyl sites for hydroxylation is 2. The van der Waals surface area contributed by atoms with E-state index in [1.165, 1.54) is 43.5 Å². The summed E-state index contributed by atoms with van der Waals surface area (Å²) in [6, 6.07) is 29.0. The molecule has 2 aliphatic rings. The van der Waals surface area contributed by atoms with E-state index in [0.29, 0.717) is 22.3 Å². The molecule has 6 N–H and O–H groups in total. The van der Waals surface area contributed by atoms with E-state index in [9.17, 15) is 30.6 Å². The van der Waals surface area contributed by atoms with Gasteiger partial charge in [-0.05, 0) is 101 Å². The monoisotopic (exact) mass is 572 g/mol. The number of benzene rings is 5. The number of fused-ring (bicyclic) bond motifs is 2. The first-order valence-corrected chi connectivity index (χ1v) is 14.2. The lowest BCUT2D eigenvalue weighted by molar-refractivity contribution is 0.448. The van der Waals surface area contributed by atoms with Crippen LogP contribution in [0.4, 0.5) is 0 Å². The van der Waals surface area contributed by atoms with Crippen LogP contribution >= 0.6 is 0 Å². The summed E-state index contributed by atoms with van der Waals surface area (Å²) in [5.74, 6) is -1.07. The summed E-state index contributed by atoms with van der Waals surface area (Å²) in [5.41, 5.74) is 6.93. The number of phenolic OH excluding ortho intramolecular Hbond substituents is 6. The molecule has 216 valence electrons. The van der Waals surface area contributed by atoms with Gasteiger partial charge in [0, 0.05) is 29.0 Å². The van der Waals surface area contributed by atoms with Crippen LogP contribution in [0.2, 0.25) is 0 Å². The van der Waals surface area contributed by atoms with Crippen molar-refractivity contribution in [3.05, 3.63) is 142 Å². The third-order valence-corrected chi connectivity index (χ3v) is 8.25. The van der Waals surface area contributed by atoms with E-state index < -0.39 is 11.8 Å². The molecule has 2 atom stereocenters. The molecule has 0 radical (unpaired) electrons. The van der Waals surface area contributed by atoms with Crippen LogP contribution in [0.3, 0.4) is 0 Å². The number of aromatic hydroxyl groups is 6. The quantitative estimate of drug-likeness (QED) is 0.124. The zero-order valence-corrected chi connectivity index (χ0v) is 23.4. The summed E-state index contributed by atoms with van der Waals surface area (Å²) < 4.78 is 0. The van der Waals surface area contributed by atoms with Gasteiger partial charge in [0.1, 0.15) is 34.5 Å². The lowest BCUT2D eigenvalue weighted by atomic mass is 9.79. The highest BCUT2D eigenvalue weighted by molar-refractivity contribution is 5.94. The fraction of sp³-hybridized carbons (Fsp3) is 0.135. The standard InChI is InChI=1S/C28H22O6.C9H10/c29-17-5-1-15(2-6-17)11-22-27-23(13-20(32)14-25(27)34)26(16-3-7-18(30)8-4-16)28(22)21-12-19(31)9-10-24(21)33;1-2-5-9-7-3-6-8(9)4-1/h1-14,26,28-34H;1-2,4-5H,3,6-7H2/b22-11-;. The van der Waals surface area contributed by atoms with Gasteiger partial charge in [-0.3, -0.25) is 0 Å². The molecular weight excluding hydrogens is 540 g/mol. The molecule has 0 saturated heterocycles. The van der Waals surface area contributed by atoms with Crippen molar-refractivity contribution in [1.82, 2.24) is 0 Å². The van der Waals surface area contributed by atoms with Crippen molar-refractivity contribution in [2.45, 2.75) is 31.1 Å². The van der Waals surface area contributed by atoms with Crippen LogP contribution in [0.15, 0.2) is 103 Å². The number of rotatable bonds is 3. The molecular formula is C37H32O6. The minimum absolute atomic E-state index is 0.0238. The Balaban J connectivity index is 0.000000310. The van der Waals surface area contributed by atoms with Gasteiger partial charge in [0.2, 0.25) is 0 Å². The van der Waals surface area contributed by atoms with Gasteiger partial charge in [-0.1, -0.05) is 54.6 Å². The molecule has 43 heavy (non-hydrogen) atoms. The van der Waals surface area contributed by atoms with E-state index in [-0.39, 0.29) is 34.5 Å². The molecule has 5 aromatic carbocycles. The van der Waals surface area contributed by atoms with Crippen molar-refractivity contribution in [1.29, 1.82) is 0 Å². The first kappa shape index (κ1) is 27.8. The van der Waals surface area contributed by atoms with Gasteiger partial charge in [-0.25, -0.2) is 0 Å². The normalized spacial score (nSPS) is 17.6. The van der Waals surface area contributed by atoms with Gasteiger partial charge < -0.3 is 30.6 Å². The molecule has 5 aromatic rings. The molecule has 2 unspecified atom stereocenters. The first-order chi connectivity index (χ1) is 20.8. The van der Waals surface area contributed by atoms with Crippen LogP contribution in [-0.2, 0) is 12.8 Å². The second-order valence-corrected chi connectivity index (χ2v) is 11.0. The fourth-order valence-electron chi connectivity index (χ4n) is 6.33. The minimum Gasteiger partial charge on any atom is -0.508 e. The highest BCUT2D eigenvalue weighted by Crippen LogP contribution is 2.59. The Morgan fingerprint density at radius 2 is 1.09 bits per heavy atom. The Labute approximate surface area is 249 Å². The van der Waals surface area contributed by atoms with Crippen molar-refractivity contribution in [2.24, 2.45) is 0 Å². The Morgan fingerprint density at radius 3 is 1.74 bits per heavy atom. The summed E-state index contributed by atoms with van der Waals surface area (Å²) in [6.45, 7) is 0. The maximum Gasteiger partial charge on any atom is 0.127 e. The molecule has 0 aromatic heterocycles. The topological polar surface area (TPSA) is 121 Å². The maximum atomic E-state index is 10.9. The summed E-state index contributed by atoms with van der Waals surface area (Å²) in [7, 11) is 0. The Kier molecular flexibility index (Phi) is 7.43. The van der Waals surface area contributed by atoms with Gasteiger partial charge in [0.05, 0.1) is 0 Å². The predicted molar refractivity (Wildman–Crippen MR) is 167 cm³/mol. The Morgan fingerprint density at radius 1 is 0.512 bits per heavy atom. The SMILES string of the molecule is Oc1ccc(/C=C2/c3c(O)cc(O)cc3C(c3ccc(O)cc3)C2c2cc(O)ccc2O)cc1.c1ccc2c(c1)CCC2. The molecule has 6 nitrogen and oxygen atoms in total. The van der Waals surface area contributed by atoms with E-state index in [4.69, 9.17) is 0 Å². The predicted octanol–water partition coefficient (Wildman–Crippen LogP) is 7.57. The van der Waals surface area contributed by atoms with Crippen LogP contribution in [0, 0.1) is 0 Å². The highest BCUT2D eigenvalue weighted by atomic mass is 16.3. The van der Waals surface area contributed by atoms with Crippen LogP contribution in [-0.4, -0.2) is 30.6 Å². The van der Waals surface area contributed by atoms with E-state index in [1.54, 1.807) is 65.7 Å². The fourth-order valence-corrected chi connectivity index (χ4v) is 6.33. The zero-order chi connectivity index (χ0) is 30.1. The molecule has 0 fully saturated rings. The molecule has 0 saturated carbocycles. The van der Waals surface area contributed by atoms with Crippen LogP contribution < -0.4 is 0 Å². The molecule has 0 aliphatic heterocycles. The van der Waals surface area contributed by atoms with Crippen molar-refractivity contribution in [3.8, 4) is 34.5 Å². The van der Waals surface area contributed by atoms with Crippen molar-refractivity contribution < 1.29 is 30.6 Å². The molecule has 6 heteroatoms. The zero-order valence-electron chi connectivity index (χ0n) is 23.4. The summed E-state index contributed by atoms with van der Waals surface area (Å²) in [5, 5.41) is 61.8. The van der Waals surface area contributed by atoms with Crippen LogP contribution in [0.25, 0.3) is 11.6 Å². The Bertz CT molecular complexity index is 1780. The van der Waals surface area contributed by atoms with E-state index in [2.05, 4.69) is 24.3 Å². The number of hydrogen-bond donors (Lipinski definition) is 6. The summed E-state index contributed by atoms with van der Waals surface area (Å²) in [4.78, 5) is 0. The molecule has 0 spiro atoms. The van der Waals surface area contributed by atoms with E-state index in [1.807, 2.05) is 6.08 Å². The van der Waals surface area contributed by atoms with Gasteiger partial charge in [-0.2, -0.15) is 0 Å². The first-order valence-electron chi connectivity index (χ1n) is 14.2.